The molecular weight excluding hydrogens is 521 g/mol. The van der Waals surface area contributed by atoms with Gasteiger partial charge in [0.2, 0.25) is 5.91 Å². The highest BCUT2D eigenvalue weighted by Crippen LogP contribution is 2.46. The number of rotatable bonds is 6. The second kappa shape index (κ2) is 11.4. The van der Waals surface area contributed by atoms with E-state index in [4.69, 9.17) is 9.47 Å². The van der Waals surface area contributed by atoms with Crippen molar-refractivity contribution in [1.29, 1.82) is 0 Å². The normalized spacial score (nSPS) is 18.5. The molecule has 41 heavy (non-hydrogen) atoms. The van der Waals surface area contributed by atoms with Crippen molar-refractivity contribution in [3.05, 3.63) is 50.8 Å². The summed E-state index contributed by atoms with van der Waals surface area (Å²) in [6.45, 7) is 13.1. The second-order valence-corrected chi connectivity index (χ2v) is 13.2. The molecule has 1 fully saturated rings. The first-order valence-corrected chi connectivity index (χ1v) is 15.2. The van der Waals surface area contributed by atoms with Crippen molar-refractivity contribution in [2.24, 2.45) is 5.92 Å². The molecule has 0 bridgehead atoms. The third-order valence-corrected chi connectivity index (χ3v) is 9.21. The van der Waals surface area contributed by atoms with Gasteiger partial charge >= 0.3 is 5.97 Å². The fourth-order valence-electron chi connectivity index (χ4n) is 7.18. The second-order valence-electron chi connectivity index (χ2n) is 13.2. The maximum atomic E-state index is 15.6. The van der Waals surface area contributed by atoms with Crippen molar-refractivity contribution in [3.63, 3.8) is 0 Å². The standard InChI is InChI=1S/C34H44FNO5/c1-19-23-13-10-14-40-31(23)27(35)15-25(19)29-21(3)26-18-36(17-22-11-8-7-9-12-22)28(37)16-24(26)20(2)30(29)32(33(38)39)41-34(4,5)6/h15,22,32H,7-14,16-18H2,1-6H3,(H,38,39)/t32-/m1/s1. The van der Waals surface area contributed by atoms with Gasteiger partial charge in [-0.25, -0.2) is 9.18 Å². The van der Waals surface area contributed by atoms with E-state index in [1.165, 1.54) is 25.3 Å². The van der Waals surface area contributed by atoms with E-state index in [0.717, 1.165) is 59.2 Å². The van der Waals surface area contributed by atoms with E-state index in [9.17, 15) is 14.7 Å². The number of fused-ring (bicyclic) bond motifs is 2. The topological polar surface area (TPSA) is 76.1 Å². The zero-order valence-corrected chi connectivity index (χ0v) is 25.4. The molecule has 0 unspecified atom stereocenters. The highest BCUT2D eigenvalue weighted by atomic mass is 19.1. The summed E-state index contributed by atoms with van der Waals surface area (Å²) in [7, 11) is 0. The minimum Gasteiger partial charge on any atom is -0.490 e. The summed E-state index contributed by atoms with van der Waals surface area (Å²) in [4.78, 5) is 28.3. The summed E-state index contributed by atoms with van der Waals surface area (Å²) in [5.74, 6) is -0.636. The summed E-state index contributed by atoms with van der Waals surface area (Å²) in [5.41, 5.74) is 6.45. The van der Waals surface area contributed by atoms with Gasteiger partial charge in [-0.05, 0) is 118 Å². The lowest BCUT2D eigenvalue weighted by Crippen LogP contribution is -2.41. The van der Waals surface area contributed by atoms with Crippen LogP contribution < -0.4 is 4.74 Å². The van der Waals surface area contributed by atoms with Crippen LogP contribution in [0, 0.1) is 32.5 Å². The maximum absolute atomic E-state index is 15.6. The van der Waals surface area contributed by atoms with Crippen LogP contribution in [-0.2, 0) is 33.7 Å². The molecule has 1 amide bonds. The summed E-state index contributed by atoms with van der Waals surface area (Å²) in [5, 5.41) is 10.5. The van der Waals surface area contributed by atoms with Crippen molar-refractivity contribution < 1.29 is 28.6 Å². The van der Waals surface area contributed by atoms with E-state index in [-0.39, 0.29) is 12.3 Å². The lowest BCUT2D eigenvalue weighted by molar-refractivity contribution is -0.160. The smallest absolute Gasteiger partial charge is 0.337 e. The van der Waals surface area contributed by atoms with Gasteiger partial charge in [-0.2, -0.15) is 0 Å². The molecule has 0 spiro atoms. The molecule has 3 aliphatic rings. The number of benzene rings is 2. The number of carboxylic acids is 1. The molecule has 222 valence electrons. The van der Waals surface area contributed by atoms with Crippen LogP contribution in [0.4, 0.5) is 4.39 Å². The van der Waals surface area contributed by atoms with Gasteiger partial charge in [0.25, 0.3) is 0 Å². The van der Waals surface area contributed by atoms with Crippen LogP contribution in [0.3, 0.4) is 0 Å². The Morgan fingerprint density at radius 3 is 2.44 bits per heavy atom. The van der Waals surface area contributed by atoms with E-state index in [0.29, 0.717) is 47.9 Å². The Morgan fingerprint density at radius 2 is 1.78 bits per heavy atom. The van der Waals surface area contributed by atoms with Crippen LogP contribution in [0.25, 0.3) is 11.1 Å². The van der Waals surface area contributed by atoms with Crippen molar-refractivity contribution in [2.45, 2.75) is 111 Å². The van der Waals surface area contributed by atoms with E-state index >= 15 is 4.39 Å². The number of hydrogen-bond acceptors (Lipinski definition) is 4. The quantitative estimate of drug-likeness (QED) is 0.403. The Labute approximate surface area is 243 Å². The number of carbonyl (C=O) groups is 2. The van der Waals surface area contributed by atoms with Crippen molar-refractivity contribution in [2.75, 3.05) is 13.2 Å². The molecule has 6 nitrogen and oxygen atoms in total. The first-order valence-electron chi connectivity index (χ1n) is 15.2. The number of nitrogens with zero attached hydrogens (tertiary/aromatic N) is 1. The average Bonchev–Trinajstić information content (AvgIpc) is 2.92. The molecule has 7 heteroatoms. The summed E-state index contributed by atoms with van der Waals surface area (Å²) in [6.07, 6.45) is 6.45. The van der Waals surface area contributed by atoms with Crippen LogP contribution in [0.2, 0.25) is 0 Å². The van der Waals surface area contributed by atoms with Gasteiger partial charge in [-0.3, -0.25) is 4.79 Å². The molecule has 1 atom stereocenters. The fourth-order valence-corrected chi connectivity index (χ4v) is 7.18. The molecule has 0 radical (unpaired) electrons. The summed E-state index contributed by atoms with van der Waals surface area (Å²) >= 11 is 0. The number of ether oxygens (including phenoxy) is 2. The first-order chi connectivity index (χ1) is 19.4. The van der Waals surface area contributed by atoms with Gasteiger partial charge in [0.15, 0.2) is 17.7 Å². The Hall–Kier alpha value is -2.93. The molecule has 1 saturated carbocycles. The lowest BCUT2D eigenvalue weighted by atomic mass is 9.78. The largest absolute Gasteiger partial charge is 0.490 e. The predicted molar refractivity (Wildman–Crippen MR) is 157 cm³/mol. The lowest BCUT2D eigenvalue weighted by Gasteiger charge is -2.37. The fraction of sp³-hybridized carbons (Fsp3) is 0.588. The number of hydrogen-bond donors (Lipinski definition) is 1. The maximum Gasteiger partial charge on any atom is 0.337 e. The molecular formula is C34H44FNO5. The summed E-state index contributed by atoms with van der Waals surface area (Å²) < 4.78 is 27.5. The van der Waals surface area contributed by atoms with E-state index in [1.807, 2.05) is 46.4 Å². The van der Waals surface area contributed by atoms with E-state index in [1.54, 1.807) is 0 Å². The number of halogens is 1. The van der Waals surface area contributed by atoms with Crippen LogP contribution in [-0.4, -0.2) is 40.6 Å². The van der Waals surface area contributed by atoms with Gasteiger partial charge < -0.3 is 19.5 Å². The number of carboxylic acid groups (broad SMARTS) is 1. The zero-order valence-electron chi connectivity index (χ0n) is 25.4. The molecule has 2 aliphatic heterocycles. The average molecular weight is 566 g/mol. The molecule has 2 aromatic carbocycles. The molecule has 1 aliphatic carbocycles. The zero-order chi connectivity index (χ0) is 29.6. The predicted octanol–water partition coefficient (Wildman–Crippen LogP) is 7.15. The number of amides is 1. The molecule has 0 saturated heterocycles. The Kier molecular flexibility index (Phi) is 8.21. The minimum atomic E-state index is -1.28. The number of aliphatic carboxylic acids is 1. The highest BCUT2D eigenvalue weighted by Gasteiger charge is 2.37. The molecule has 1 N–H and O–H groups in total. The van der Waals surface area contributed by atoms with Crippen LogP contribution in [0.1, 0.15) is 104 Å². The van der Waals surface area contributed by atoms with Gasteiger partial charge in [0, 0.05) is 24.2 Å². The third kappa shape index (κ3) is 5.75. The SMILES string of the molecule is Cc1c(-c2c(C)c3c(c(C)c2[C@@H](OC(C)(C)C)C(=O)O)CC(=O)N(CC2CCCCC2)C3)cc(F)c2c1CCCO2. The first kappa shape index (κ1) is 29.6. The van der Waals surface area contributed by atoms with Gasteiger partial charge in [0.1, 0.15) is 0 Å². The van der Waals surface area contributed by atoms with Crippen molar-refractivity contribution in [3.8, 4) is 16.9 Å². The molecule has 0 aromatic heterocycles. The Balaban J connectivity index is 1.72. The Bertz CT molecular complexity index is 1370. The monoisotopic (exact) mass is 565 g/mol. The van der Waals surface area contributed by atoms with Gasteiger partial charge in [0.05, 0.1) is 18.6 Å². The van der Waals surface area contributed by atoms with Crippen molar-refractivity contribution >= 4 is 11.9 Å². The molecule has 2 aromatic rings. The van der Waals surface area contributed by atoms with Crippen LogP contribution in [0.15, 0.2) is 6.07 Å². The van der Waals surface area contributed by atoms with E-state index < -0.39 is 23.5 Å². The van der Waals surface area contributed by atoms with Crippen LogP contribution in [0.5, 0.6) is 5.75 Å². The molecule has 2 heterocycles. The summed E-state index contributed by atoms with van der Waals surface area (Å²) in [6, 6.07) is 1.50. The Morgan fingerprint density at radius 1 is 1.07 bits per heavy atom. The van der Waals surface area contributed by atoms with E-state index in [2.05, 4.69) is 0 Å². The molecule has 5 rings (SSSR count). The highest BCUT2D eigenvalue weighted by molar-refractivity contribution is 5.88. The van der Waals surface area contributed by atoms with Gasteiger partial charge in [-0.15, -0.1) is 0 Å². The van der Waals surface area contributed by atoms with Crippen LogP contribution >= 0.6 is 0 Å². The minimum absolute atomic E-state index is 0.0843. The van der Waals surface area contributed by atoms with Gasteiger partial charge in [-0.1, -0.05) is 19.3 Å². The number of carbonyl (C=O) groups excluding carboxylic acids is 1. The van der Waals surface area contributed by atoms with Crippen molar-refractivity contribution in [1.82, 2.24) is 4.90 Å². The third-order valence-electron chi connectivity index (χ3n) is 9.21.